The van der Waals surface area contributed by atoms with Crippen LogP contribution in [0, 0.1) is 0 Å². The lowest BCUT2D eigenvalue weighted by atomic mass is 10.0. The van der Waals surface area contributed by atoms with Crippen molar-refractivity contribution in [1.29, 1.82) is 0 Å². The first kappa shape index (κ1) is 23.1. The van der Waals surface area contributed by atoms with Crippen LogP contribution in [0.5, 0.6) is 5.75 Å². The number of benzene rings is 2. The van der Waals surface area contributed by atoms with Gasteiger partial charge in [-0.1, -0.05) is 102 Å². The summed E-state index contributed by atoms with van der Waals surface area (Å²) in [5, 5.41) is 1.32. The quantitative estimate of drug-likeness (QED) is 0.433. The zero-order chi connectivity index (χ0) is 22.6. The summed E-state index contributed by atoms with van der Waals surface area (Å²) in [7, 11) is -1.91. The molecule has 0 aromatic heterocycles. The Morgan fingerprint density at radius 1 is 0.839 bits per heavy atom. The summed E-state index contributed by atoms with van der Waals surface area (Å²) >= 11 is 0. The van der Waals surface area contributed by atoms with Crippen LogP contribution >= 0.6 is 0 Å². The van der Waals surface area contributed by atoms with E-state index in [4.69, 9.17) is 4.74 Å². The number of hydrogen-bond donors (Lipinski definition) is 0. The number of allylic oxidation sites excluding steroid dienone is 2. The molecule has 1 unspecified atom stereocenters. The average molecular weight is 434 g/mol. The highest BCUT2D eigenvalue weighted by Gasteiger charge is 2.46. The second-order valence-corrected chi connectivity index (χ2v) is 15.2. The Labute approximate surface area is 188 Å². The third kappa shape index (κ3) is 4.54. The third-order valence-corrected chi connectivity index (χ3v) is 13.7. The molecule has 2 aromatic rings. The Morgan fingerprint density at radius 2 is 1.35 bits per heavy atom. The molecular formula is C27H35NO2Si. The van der Waals surface area contributed by atoms with Gasteiger partial charge in [0.2, 0.25) is 0 Å². The Hall–Kier alpha value is -2.59. The van der Waals surface area contributed by atoms with Gasteiger partial charge in [-0.05, 0) is 39.5 Å². The zero-order valence-corrected chi connectivity index (χ0v) is 20.6. The number of carbonyl (C=O) groups excluding carboxylic acids is 1. The molecule has 0 radical (unpaired) electrons. The lowest BCUT2D eigenvalue weighted by molar-refractivity contribution is 0.161. The second kappa shape index (κ2) is 9.69. The molecule has 1 aliphatic rings. The minimum Gasteiger partial charge on any atom is -0.410 e. The number of hydrogen-bond acceptors (Lipinski definition) is 2. The summed E-state index contributed by atoms with van der Waals surface area (Å²) in [6.07, 6.45) is 6.21. The predicted molar refractivity (Wildman–Crippen MR) is 132 cm³/mol. The minimum atomic E-state index is -1.91. The first-order chi connectivity index (χ1) is 14.8. The van der Waals surface area contributed by atoms with Gasteiger partial charge < -0.3 is 4.74 Å². The van der Waals surface area contributed by atoms with E-state index in [1.807, 2.05) is 48.5 Å². The normalized spacial score (nSPS) is 16.7. The van der Waals surface area contributed by atoms with Gasteiger partial charge in [-0.2, -0.15) is 0 Å². The molecule has 1 aliphatic heterocycles. The van der Waals surface area contributed by atoms with Crippen molar-refractivity contribution in [3.63, 3.8) is 0 Å². The van der Waals surface area contributed by atoms with E-state index in [2.05, 4.69) is 72.0 Å². The summed E-state index contributed by atoms with van der Waals surface area (Å²) in [6.45, 7) is 14.1. The molecule has 0 N–H and O–H groups in total. The van der Waals surface area contributed by atoms with Crippen molar-refractivity contribution in [3.8, 4) is 5.75 Å². The van der Waals surface area contributed by atoms with Crippen LogP contribution in [-0.2, 0) is 0 Å². The second-order valence-electron chi connectivity index (χ2n) is 9.28. The molecule has 0 aliphatic carbocycles. The van der Waals surface area contributed by atoms with E-state index in [1.165, 1.54) is 5.20 Å². The van der Waals surface area contributed by atoms with Crippen LogP contribution in [0.15, 0.2) is 84.2 Å². The monoisotopic (exact) mass is 433 g/mol. The smallest absolute Gasteiger partial charge is 0.410 e. The van der Waals surface area contributed by atoms with Gasteiger partial charge in [0.25, 0.3) is 0 Å². The lowest BCUT2D eigenvalue weighted by Crippen LogP contribution is -2.48. The fourth-order valence-corrected chi connectivity index (χ4v) is 12.3. The average Bonchev–Trinajstić information content (AvgIpc) is 2.74. The lowest BCUT2D eigenvalue weighted by Gasteiger charge is -2.46. The van der Waals surface area contributed by atoms with Crippen molar-refractivity contribution in [2.45, 2.75) is 64.2 Å². The molecule has 3 rings (SSSR count). The van der Waals surface area contributed by atoms with Gasteiger partial charge in [0.15, 0.2) is 0 Å². The van der Waals surface area contributed by atoms with Crippen molar-refractivity contribution < 1.29 is 9.53 Å². The van der Waals surface area contributed by atoms with Gasteiger partial charge >= 0.3 is 6.09 Å². The summed E-state index contributed by atoms with van der Waals surface area (Å²) in [5.41, 5.74) is 2.75. The molecule has 4 heteroatoms. The maximum absolute atomic E-state index is 13.4. The zero-order valence-electron chi connectivity index (χ0n) is 19.6. The van der Waals surface area contributed by atoms with Crippen LogP contribution in [0.25, 0.3) is 0 Å². The van der Waals surface area contributed by atoms with Crippen molar-refractivity contribution in [1.82, 2.24) is 4.90 Å². The highest BCUT2D eigenvalue weighted by Crippen LogP contribution is 2.48. The molecule has 0 fully saturated rings. The van der Waals surface area contributed by atoms with Gasteiger partial charge in [0, 0.05) is 6.20 Å². The number of nitrogens with zero attached hydrogens (tertiary/aromatic N) is 1. The summed E-state index contributed by atoms with van der Waals surface area (Å²) in [5.74, 6) is 0.559. The molecule has 31 heavy (non-hydrogen) atoms. The van der Waals surface area contributed by atoms with Crippen molar-refractivity contribution >= 4 is 14.2 Å². The molecule has 2 aromatic carbocycles. The molecular weight excluding hydrogens is 398 g/mol. The van der Waals surface area contributed by atoms with Crippen molar-refractivity contribution in [2.75, 3.05) is 0 Å². The number of amides is 1. The maximum Gasteiger partial charge on any atom is 0.420 e. The topological polar surface area (TPSA) is 29.5 Å². The van der Waals surface area contributed by atoms with Gasteiger partial charge in [0.1, 0.15) is 5.75 Å². The largest absolute Gasteiger partial charge is 0.420 e. The molecule has 0 saturated carbocycles. The highest BCUT2D eigenvalue weighted by atomic mass is 28.3. The molecule has 3 nitrogen and oxygen atoms in total. The Kier molecular flexibility index (Phi) is 7.21. The van der Waals surface area contributed by atoms with Crippen LogP contribution in [0.2, 0.25) is 16.6 Å². The summed E-state index contributed by atoms with van der Waals surface area (Å²) in [4.78, 5) is 15.2. The van der Waals surface area contributed by atoms with Crippen LogP contribution in [0.3, 0.4) is 0 Å². The van der Waals surface area contributed by atoms with Gasteiger partial charge in [0.05, 0.1) is 14.1 Å². The Balaban J connectivity index is 2.06. The molecule has 0 saturated heterocycles. The van der Waals surface area contributed by atoms with Crippen molar-refractivity contribution in [2.24, 2.45) is 0 Å². The maximum atomic E-state index is 13.4. The van der Waals surface area contributed by atoms with E-state index in [0.717, 1.165) is 5.56 Å². The molecule has 0 bridgehead atoms. The van der Waals surface area contributed by atoms with E-state index in [9.17, 15) is 4.79 Å². The molecule has 1 heterocycles. The van der Waals surface area contributed by atoms with Gasteiger partial charge in [-0.3, -0.25) is 4.90 Å². The van der Waals surface area contributed by atoms with E-state index >= 15 is 0 Å². The number of carbonyl (C=O) groups is 1. The SMILES string of the molecule is CC(C)[Si](C1=CN(C(=O)Oc2ccccc2)C(c2ccccc2)C=C1)(C(C)C)C(C)C. The van der Waals surface area contributed by atoms with Gasteiger partial charge in [-0.15, -0.1) is 0 Å². The first-order valence-corrected chi connectivity index (χ1v) is 13.5. The Bertz CT molecular complexity index is 910. The summed E-state index contributed by atoms with van der Waals surface area (Å²) < 4.78 is 5.77. The van der Waals surface area contributed by atoms with Crippen LogP contribution < -0.4 is 4.74 Å². The van der Waals surface area contributed by atoms with E-state index in [-0.39, 0.29) is 12.1 Å². The third-order valence-electron chi connectivity index (χ3n) is 6.70. The van der Waals surface area contributed by atoms with E-state index in [0.29, 0.717) is 22.4 Å². The Morgan fingerprint density at radius 3 is 1.87 bits per heavy atom. The fourth-order valence-electron chi connectivity index (χ4n) is 5.55. The van der Waals surface area contributed by atoms with E-state index < -0.39 is 8.07 Å². The highest BCUT2D eigenvalue weighted by molar-refractivity contribution is 6.90. The molecule has 1 amide bonds. The van der Waals surface area contributed by atoms with Crippen LogP contribution in [-0.4, -0.2) is 19.1 Å². The van der Waals surface area contributed by atoms with Crippen molar-refractivity contribution in [3.05, 3.63) is 89.8 Å². The first-order valence-electron chi connectivity index (χ1n) is 11.3. The standard InChI is InChI=1S/C27H35NO2Si/c1-20(2)31(21(3)4,22(5)6)25-17-18-26(23-13-9-7-10-14-23)28(19-25)27(29)30-24-15-11-8-12-16-24/h7-22,26H,1-6H3. The fraction of sp³-hybridized carbons (Fsp3) is 0.370. The number of para-hydroxylation sites is 1. The number of rotatable bonds is 6. The van der Waals surface area contributed by atoms with Crippen LogP contribution in [0.4, 0.5) is 4.79 Å². The molecule has 0 spiro atoms. The number of ether oxygens (including phenoxy) is 1. The summed E-state index contributed by atoms with van der Waals surface area (Å²) in [6, 6.07) is 19.3. The minimum absolute atomic E-state index is 0.181. The predicted octanol–water partition coefficient (Wildman–Crippen LogP) is 7.90. The van der Waals surface area contributed by atoms with Gasteiger partial charge in [-0.25, -0.2) is 4.79 Å². The van der Waals surface area contributed by atoms with Crippen LogP contribution in [0.1, 0.15) is 53.1 Å². The van der Waals surface area contributed by atoms with E-state index in [1.54, 1.807) is 4.90 Å². The molecule has 164 valence electrons. The molecule has 1 atom stereocenters.